The number of hydrogen-bond donors (Lipinski definition) is 2. The van der Waals surface area contributed by atoms with Crippen LogP contribution < -0.4 is 10.6 Å². The molecule has 2 rings (SSSR count). The van der Waals surface area contributed by atoms with Crippen LogP contribution in [-0.4, -0.2) is 25.5 Å². The van der Waals surface area contributed by atoms with E-state index in [1.54, 1.807) is 6.07 Å². The molecule has 0 saturated carbocycles. The first-order chi connectivity index (χ1) is 8.68. The highest BCUT2D eigenvalue weighted by atomic mass is 79.9. The van der Waals surface area contributed by atoms with Crippen molar-refractivity contribution in [3.8, 4) is 0 Å². The highest BCUT2D eigenvalue weighted by Gasteiger charge is 2.15. The first kappa shape index (κ1) is 13.8. The van der Waals surface area contributed by atoms with Crippen molar-refractivity contribution < 1.29 is 4.79 Å². The topological polar surface area (TPSA) is 41.1 Å². The lowest BCUT2D eigenvalue weighted by Crippen LogP contribution is -2.26. The average Bonchev–Trinajstić information content (AvgIpc) is 2.85. The van der Waals surface area contributed by atoms with Gasteiger partial charge in [0.05, 0.1) is 10.6 Å². The summed E-state index contributed by atoms with van der Waals surface area (Å²) in [5, 5.41) is 6.71. The second-order valence-electron chi connectivity index (χ2n) is 4.50. The Morgan fingerprint density at radius 1 is 1.56 bits per heavy atom. The summed E-state index contributed by atoms with van der Waals surface area (Å²) in [6, 6.07) is 5.37. The number of rotatable bonds is 4. The first-order valence-corrected chi connectivity index (χ1v) is 7.28. The molecule has 1 amide bonds. The fourth-order valence-electron chi connectivity index (χ4n) is 2.13. The van der Waals surface area contributed by atoms with Crippen LogP contribution in [0.25, 0.3) is 0 Å². The van der Waals surface area contributed by atoms with Crippen molar-refractivity contribution in [2.24, 2.45) is 5.92 Å². The molecule has 1 heterocycles. The number of amides is 1. The minimum absolute atomic E-state index is 0.104. The molecular formula is C13H16BrClN2O. The number of carbonyl (C=O) groups is 1. The molecule has 1 fully saturated rings. The highest BCUT2D eigenvalue weighted by Crippen LogP contribution is 2.25. The number of carbonyl (C=O) groups excluding carboxylic acids is 1. The van der Waals surface area contributed by atoms with E-state index in [1.807, 2.05) is 12.1 Å². The van der Waals surface area contributed by atoms with Gasteiger partial charge in [0.2, 0.25) is 0 Å². The van der Waals surface area contributed by atoms with Gasteiger partial charge < -0.3 is 10.6 Å². The van der Waals surface area contributed by atoms with Crippen molar-refractivity contribution in [3.05, 3.63) is 33.3 Å². The molecular weight excluding hydrogens is 316 g/mol. The maximum Gasteiger partial charge on any atom is 0.252 e. The molecule has 1 atom stereocenters. The van der Waals surface area contributed by atoms with Gasteiger partial charge in [-0.3, -0.25) is 4.79 Å². The molecule has 1 aromatic carbocycles. The van der Waals surface area contributed by atoms with Crippen LogP contribution in [0.2, 0.25) is 5.02 Å². The zero-order valence-corrected chi connectivity index (χ0v) is 12.4. The third-order valence-electron chi connectivity index (χ3n) is 3.20. The average molecular weight is 332 g/mol. The van der Waals surface area contributed by atoms with Crippen molar-refractivity contribution in [1.82, 2.24) is 10.6 Å². The summed E-state index contributed by atoms with van der Waals surface area (Å²) in [6.45, 7) is 2.86. The van der Waals surface area contributed by atoms with Crippen molar-refractivity contribution in [3.63, 3.8) is 0 Å². The molecule has 98 valence electrons. The molecule has 3 nitrogen and oxygen atoms in total. The molecule has 18 heavy (non-hydrogen) atoms. The summed E-state index contributed by atoms with van der Waals surface area (Å²) < 4.78 is 0.747. The van der Waals surface area contributed by atoms with Crippen LogP contribution in [-0.2, 0) is 0 Å². The summed E-state index contributed by atoms with van der Waals surface area (Å²) in [4.78, 5) is 12.0. The van der Waals surface area contributed by atoms with E-state index in [1.165, 1.54) is 6.42 Å². The molecule has 5 heteroatoms. The monoisotopic (exact) mass is 330 g/mol. The number of hydrogen-bond acceptors (Lipinski definition) is 2. The van der Waals surface area contributed by atoms with Crippen molar-refractivity contribution in [1.29, 1.82) is 0 Å². The van der Waals surface area contributed by atoms with Crippen LogP contribution in [0, 0.1) is 5.92 Å². The zero-order valence-electron chi connectivity index (χ0n) is 10.0. The number of halogens is 2. The van der Waals surface area contributed by atoms with E-state index < -0.39 is 0 Å². The van der Waals surface area contributed by atoms with Crippen molar-refractivity contribution in [2.75, 3.05) is 19.6 Å². The fraction of sp³-hybridized carbons (Fsp3) is 0.462. The van der Waals surface area contributed by atoms with Crippen molar-refractivity contribution in [2.45, 2.75) is 12.8 Å². The van der Waals surface area contributed by atoms with Gasteiger partial charge in [0, 0.05) is 11.0 Å². The Morgan fingerprint density at radius 3 is 3.11 bits per heavy atom. The zero-order chi connectivity index (χ0) is 13.0. The standard InChI is InChI=1S/C13H16BrClN2O/c14-11-3-1-2-10(12(11)15)13(18)17-7-5-9-4-6-16-8-9/h1-3,9,16H,4-8H2,(H,17,18). The third-order valence-corrected chi connectivity index (χ3v) is 4.49. The van der Waals surface area contributed by atoms with E-state index in [0.717, 1.165) is 24.0 Å². The van der Waals surface area contributed by atoms with Gasteiger partial charge >= 0.3 is 0 Å². The van der Waals surface area contributed by atoms with Crippen LogP contribution in [0.3, 0.4) is 0 Å². The molecule has 0 bridgehead atoms. The molecule has 0 spiro atoms. The van der Waals surface area contributed by atoms with E-state index in [2.05, 4.69) is 26.6 Å². The molecule has 1 saturated heterocycles. The summed E-state index contributed by atoms with van der Waals surface area (Å²) >= 11 is 9.39. The lowest BCUT2D eigenvalue weighted by molar-refractivity contribution is 0.0952. The summed E-state index contributed by atoms with van der Waals surface area (Å²) in [7, 11) is 0. The lowest BCUT2D eigenvalue weighted by atomic mass is 10.1. The predicted octanol–water partition coefficient (Wildman–Crippen LogP) is 2.83. The summed E-state index contributed by atoms with van der Waals surface area (Å²) in [5.74, 6) is 0.579. The van der Waals surface area contributed by atoms with Gasteiger partial charge in [-0.05, 0) is 59.9 Å². The van der Waals surface area contributed by atoms with Gasteiger partial charge in [0.25, 0.3) is 5.91 Å². The largest absolute Gasteiger partial charge is 0.352 e. The second kappa shape index (κ2) is 6.55. The maximum atomic E-state index is 12.0. The lowest BCUT2D eigenvalue weighted by Gasteiger charge is -2.10. The highest BCUT2D eigenvalue weighted by molar-refractivity contribution is 9.10. The minimum atomic E-state index is -0.104. The van der Waals surface area contributed by atoms with E-state index in [4.69, 9.17) is 11.6 Å². The molecule has 1 aromatic rings. The molecule has 1 unspecified atom stereocenters. The van der Waals surface area contributed by atoms with Gasteiger partial charge in [-0.25, -0.2) is 0 Å². The normalized spacial score (nSPS) is 18.9. The van der Waals surface area contributed by atoms with Gasteiger partial charge in [0.15, 0.2) is 0 Å². The molecule has 0 radical (unpaired) electrons. The Morgan fingerprint density at radius 2 is 2.39 bits per heavy atom. The molecule has 0 aromatic heterocycles. The Bertz CT molecular complexity index is 433. The second-order valence-corrected chi connectivity index (χ2v) is 5.74. The van der Waals surface area contributed by atoms with E-state index in [9.17, 15) is 4.79 Å². The minimum Gasteiger partial charge on any atom is -0.352 e. The first-order valence-electron chi connectivity index (χ1n) is 6.11. The Hall–Kier alpha value is -0.580. The maximum absolute atomic E-state index is 12.0. The fourth-order valence-corrected chi connectivity index (χ4v) is 2.70. The van der Waals surface area contributed by atoms with Gasteiger partial charge in [-0.2, -0.15) is 0 Å². The van der Waals surface area contributed by atoms with Gasteiger partial charge in [-0.1, -0.05) is 17.7 Å². The Balaban J connectivity index is 1.85. The number of nitrogens with one attached hydrogen (secondary N) is 2. The Labute approximate surface area is 120 Å². The smallest absolute Gasteiger partial charge is 0.252 e. The van der Waals surface area contributed by atoms with Crippen LogP contribution in [0.4, 0.5) is 0 Å². The summed E-state index contributed by atoms with van der Waals surface area (Å²) in [5.41, 5.74) is 0.524. The predicted molar refractivity (Wildman–Crippen MR) is 77.1 cm³/mol. The van der Waals surface area contributed by atoms with Crippen LogP contribution >= 0.6 is 27.5 Å². The van der Waals surface area contributed by atoms with Crippen LogP contribution in [0.15, 0.2) is 22.7 Å². The summed E-state index contributed by atoms with van der Waals surface area (Å²) in [6.07, 6.45) is 2.22. The quantitative estimate of drug-likeness (QED) is 0.891. The molecule has 0 aliphatic carbocycles. The van der Waals surface area contributed by atoms with Gasteiger partial charge in [-0.15, -0.1) is 0 Å². The molecule has 2 N–H and O–H groups in total. The van der Waals surface area contributed by atoms with E-state index in [0.29, 0.717) is 23.0 Å². The molecule has 1 aliphatic heterocycles. The van der Waals surface area contributed by atoms with E-state index >= 15 is 0 Å². The number of benzene rings is 1. The van der Waals surface area contributed by atoms with E-state index in [-0.39, 0.29) is 5.91 Å². The molecule has 1 aliphatic rings. The van der Waals surface area contributed by atoms with Crippen LogP contribution in [0.1, 0.15) is 23.2 Å². The van der Waals surface area contributed by atoms with Crippen molar-refractivity contribution >= 4 is 33.4 Å². The third kappa shape index (κ3) is 3.46. The Kier molecular flexibility index (Phi) is 5.03. The van der Waals surface area contributed by atoms with Crippen LogP contribution in [0.5, 0.6) is 0 Å². The SMILES string of the molecule is O=C(NCCC1CCNC1)c1cccc(Br)c1Cl. The van der Waals surface area contributed by atoms with Gasteiger partial charge in [0.1, 0.15) is 0 Å².